The summed E-state index contributed by atoms with van der Waals surface area (Å²) in [5.41, 5.74) is 2.43. The zero-order chi connectivity index (χ0) is 29.1. The number of rotatable bonds is 9. The van der Waals surface area contributed by atoms with Gasteiger partial charge in [0.25, 0.3) is 0 Å². The molecule has 2 aliphatic rings. The van der Waals surface area contributed by atoms with Gasteiger partial charge in [0.1, 0.15) is 6.61 Å². The number of halogens is 1. The molecule has 0 spiro atoms. The molecule has 0 aromatic carbocycles. The van der Waals surface area contributed by atoms with Gasteiger partial charge in [0.15, 0.2) is 11.9 Å². The quantitative estimate of drug-likeness (QED) is 0.412. The van der Waals surface area contributed by atoms with Crippen LogP contribution in [0.4, 0.5) is 10.1 Å². The average Bonchev–Trinajstić information content (AvgIpc) is 2.88. The smallest absolute Gasteiger partial charge is 0.337 e. The number of ether oxygens (including phenoxy) is 2. The van der Waals surface area contributed by atoms with Gasteiger partial charge in [-0.15, -0.1) is 0 Å². The zero-order valence-electron chi connectivity index (χ0n) is 24.6. The Morgan fingerprint density at radius 1 is 1.15 bits per heavy atom. The third kappa shape index (κ3) is 7.64. The molecule has 2 aliphatic heterocycles. The van der Waals surface area contributed by atoms with E-state index >= 15 is 4.39 Å². The predicted octanol–water partition coefficient (Wildman–Crippen LogP) is 5.59. The summed E-state index contributed by atoms with van der Waals surface area (Å²) >= 11 is 1.95. The molecule has 2 aromatic rings. The van der Waals surface area contributed by atoms with Gasteiger partial charge in [-0.3, -0.25) is 9.88 Å². The Morgan fingerprint density at radius 3 is 2.42 bits per heavy atom. The first-order valence-electron chi connectivity index (χ1n) is 14.1. The molecule has 8 nitrogen and oxygen atoms in total. The molecule has 220 valence electrons. The topological polar surface area (TPSA) is 88.0 Å². The molecule has 1 atom stereocenters. The van der Waals surface area contributed by atoms with Crippen molar-refractivity contribution in [1.82, 2.24) is 14.9 Å². The van der Waals surface area contributed by atoms with Gasteiger partial charge < -0.3 is 19.5 Å². The van der Waals surface area contributed by atoms with Crippen LogP contribution in [-0.4, -0.2) is 82.4 Å². The Bertz CT molecular complexity index is 1190. The maximum atomic E-state index is 15.3. The Kier molecular flexibility index (Phi) is 9.62. The molecule has 10 heteroatoms. The number of carboxylic acid groups (broad SMARTS) is 1. The first-order chi connectivity index (χ1) is 18.8. The van der Waals surface area contributed by atoms with Crippen molar-refractivity contribution in [3.8, 4) is 17.0 Å². The highest BCUT2D eigenvalue weighted by Crippen LogP contribution is 2.43. The standard InChI is InChI=1S/C30H43FN4O4S/c1-20-24(26(28(36)37)39-29(2,3)4)25(35-9-7-30(5,6)8-10-35)22(19-32-20)21-17-23(31)27(33-18-21)38-14-11-34-12-15-40-16-13-34/h17-19,26H,7-16H2,1-6H3,(H,36,37)/t26-/m0/s1. The highest BCUT2D eigenvalue weighted by molar-refractivity contribution is 7.99. The number of aromatic nitrogens is 2. The lowest BCUT2D eigenvalue weighted by Crippen LogP contribution is -2.39. The van der Waals surface area contributed by atoms with Crippen molar-refractivity contribution in [2.45, 2.75) is 66.1 Å². The number of thioether (sulfide) groups is 1. The van der Waals surface area contributed by atoms with Crippen molar-refractivity contribution in [3.63, 3.8) is 0 Å². The van der Waals surface area contributed by atoms with Crippen LogP contribution in [0.15, 0.2) is 18.5 Å². The van der Waals surface area contributed by atoms with Crippen LogP contribution in [0.3, 0.4) is 0 Å². The van der Waals surface area contributed by atoms with Crippen LogP contribution in [0, 0.1) is 18.2 Å². The summed E-state index contributed by atoms with van der Waals surface area (Å²) < 4.78 is 27.1. The molecule has 0 bridgehead atoms. The van der Waals surface area contributed by atoms with E-state index in [0.717, 1.165) is 62.8 Å². The molecule has 0 unspecified atom stereocenters. The van der Waals surface area contributed by atoms with Gasteiger partial charge in [0.05, 0.1) is 11.3 Å². The third-order valence-electron chi connectivity index (χ3n) is 7.55. The van der Waals surface area contributed by atoms with Crippen LogP contribution in [0.25, 0.3) is 11.1 Å². The molecule has 4 rings (SSSR count). The normalized spacial score (nSPS) is 18.9. The van der Waals surface area contributed by atoms with E-state index in [9.17, 15) is 9.90 Å². The van der Waals surface area contributed by atoms with Crippen LogP contribution in [0.5, 0.6) is 5.88 Å². The Labute approximate surface area is 241 Å². The van der Waals surface area contributed by atoms with Gasteiger partial charge in [-0.1, -0.05) is 13.8 Å². The Balaban J connectivity index is 1.70. The number of hydrogen-bond donors (Lipinski definition) is 1. The molecule has 0 radical (unpaired) electrons. The summed E-state index contributed by atoms with van der Waals surface area (Å²) in [5, 5.41) is 10.3. The van der Waals surface area contributed by atoms with Gasteiger partial charge >= 0.3 is 5.97 Å². The number of nitrogens with zero attached hydrogens (tertiary/aromatic N) is 4. The summed E-state index contributed by atoms with van der Waals surface area (Å²) in [6.45, 7) is 16.4. The fourth-order valence-electron chi connectivity index (χ4n) is 5.17. The SMILES string of the molecule is Cc1ncc(-c2cnc(OCCN3CCSCC3)c(F)c2)c(N2CCC(C)(C)CC2)c1[C@H](OC(C)(C)C)C(=O)O. The summed E-state index contributed by atoms with van der Waals surface area (Å²) in [4.78, 5) is 26.0. The van der Waals surface area contributed by atoms with E-state index in [4.69, 9.17) is 9.47 Å². The number of hydrogen-bond acceptors (Lipinski definition) is 8. The highest BCUT2D eigenvalue weighted by atomic mass is 32.2. The van der Waals surface area contributed by atoms with Crippen LogP contribution in [0.1, 0.15) is 64.8 Å². The second-order valence-electron chi connectivity index (χ2n) is 12.4. The number of piperidine rings is 1. The molecule has 2 saturated heterocycles. The number of pyridine rings is 2. The molecule has 0 aliphatic carbocycles. The van der Waals surface area contributed by atoms with Crippen LogP contribution in [0.2, 0.25) is 0 Å². The molecular formula is C30H43FN4O4S. The molecular weight excluding hydrogens is 531 g/mol. The molecule has 0 amide bonds. The van der Waals surface area contributed by atoms with Gasteiger partial charge in [-0.05, 0) is 52.0 Å². The fourth-order valence-corrected chi connectivity index (χ4v) is 6.15. The first-order valence-corrected chi connectivity index (χ1v) is 15.2. The number of aliphatic carboxylic acids is 1. The van der Waals surface area contributed by atoms with Crippen molar-refractivity contribution in [2.24, 2.45) is 5.41 Å². The number of anilines is 1. The summed E-state index contributed by atoms with van der Waals surface area (Å²) in [6.07, 6.45) is 3.94. The molecule has 2 fully saturated rings. The van der Waals surface area contributed by atoms with Gasteiger partial charge in [0, 0.05) is 79.0 Å². The van der Waals surface area contributed by atoms with Crippen LogP contribution >= 0.6 is 11.8 Å². The Hall–Kier alpha value is -2.43. The van der Waals surface area contributed by atoms with Crippen molar-refractivity contribution < 1.29 is 23.8 Å². The zero-order valence-corrected chi connectivity index (χ0v) is 25.4. The lowest BCUT2D eigenvalue weighted by atomic mass is 9.82. The van der Waals surface area contributed by atoms with Gasteiger partial charge in [0.2, 0.25) is 5.88 Å². The van der Waals surface area contributed by atoms with E-state index < -0.39 is 23.5 Å². The minimum atomic E-state index is -1.23. The van der Waals surface area contributed by atoms with Crippen LogP contribution < -0.4 is 9.64 Å². The summed E-state index contributed by atoms with van der Waals surface area (Å²) in [6, 6.07) is 1.41. The van der Waals surface area contributed by atoms with Crippen LogP contribution in [-0.2, 0) is 9.53 Å². The second-order valence-corrected chi connectivity index (χ2v) is 13.7. The van der Waals surface area contributed by atoms with E-state index in [1.54, 1.807) is 19.3 Å². The monoisotopic (exact) mass is 574 g/mol. The lowest BCUT2D eigenvalue weighted by molar-refractivity contribution is -0.160. The maximum absolute atomic E-state index is 15.3. The van der Waals surface area contributed by atoms with E-state index in [1.807, 2.05) is 32.5 Å². The third-order valence-corrected chi connectivity index (χ3v) is 8.49. The minimum absolute atomic E-state index is 0.0313. The maximum Gasteiger partial charge on any atom is 0.337 e. The van der Waals surface area contributed by atoms with Crippen molar-refractivity contribution >= 4 is 23.4 Å². The second kappa shape index (κ2) is 12.6. The predicted molar refractivity (Wildman–Crippen MR) is 158 cm³/mol. The highest BCUT2D eigenvalue weighted by Gasteiger charge is 2.36. The molecule has 1 N–H and O–H groups in total. The van der Waals surface area contributed by atoms with E-state index in [-0.39, 0.29) is 11.3 Å². The number of aryl methyl sites for hydroxylation is 1. The molecule has 4 heterocycles. The van der Waals surface area contributed by atoms with E-state index in [1.165, 1.54) is 6.07 Å². The van der Waals surface area contributed by atoms with Crippen molar-refractivity contribution in [3.05, 3.63) is 35.5 Å². The summed E-state index contributed by atoms with van der Waals surface area (Å²) in [7, 11) is 0. The summed E-state index contributed by atoms with van der Waals surface area (Å²) in [5.74, 6) is 0.537. The fraction of sp³-hybridized carbons (Fsp3) is 0.633. The molecule has 2 aromatic heterocycles. The van der Waals surface area contributed by atoms with Gasteiger partial charge in [-0.2, -0.15) is 11.8 Å². The Morgan fingerprint density at radius 2 is 1.82 bits per heavy atom. The minimum Gasteiger partial charge on any atom is -0.479 e. The van der Waals surface area contributed by atoms with Gasteiger partial charge in [-0.25, -0.2) is 14.2 Å². The number of carbonyl (C=O) groups is 1. The largest absolute Gasteiger partial charge is 0.479 e. The number of carboxylic acids is 1. The lowest BCUT2D eigenvalue weighted by Gasteiger charge is -2.40. The van der Waals surface area contributed by atoms with E-state index in [0.29, 0.717) is 29.0 Å². The average molecular weight is 575 g/mol. The first kappa shape index (κ1) is 30.5. The van der Waals surface area contributed by atoms with E-state index in [2.05, 4.69) is 33.6 Å². The molecule has 40 heavy (non-hydrogen) atoms. The van der Waals surface area contributed by atoms with Crippen molar-refractivity contribution in [2.75, 3.05) is 55.7 Å². The molecule has 0 saturated carbocycles. The van der Waals surface area contributed by atoms with Crippen molar-refractivity contribution in [1.29, 1.82) is 0 Å².